The molecule has 0 spiro atoms. The summed E-state index contributed by atoms with van der Waals surface area (Å²) in [6.45, 7) is 3.81. The maximum atomic E-state index is 12.0. The maximum Gasteiger partial charge on any atom is 0.328 e. The number of carbonyl (C=O) groups is 2. The number of carbonyl (C=O) groups excluding carboxylic acids is 2. The van der Waals surface area contributed by atoms with Crippen molar-refractivity contribution in [2.45, 2.75) is 26.3 Å². The van der Waals surface area contributed by atoms with Crippen molar-refractivity contribution in [3.63, 3.8) is 0 Å². The Bertz CT molecular complexity index is 441. The van der Waals surface area contributed by atoms with Crippen molar-refractivity contribution < 1.29 is 19.4 Å². The average Bonchev–Trinajstić information content (AvgIpc) is 2.43. The van der Waals surface area contributed by atoms with Gasteiger partial charge in [-0.25, -0.2) is 4.79 Å². The van der Waals surface area contributed by atoms with E-state index in [-0.39, 0.29) is 17.6 Å². The van der Waals surface area contributed by atoms with Gasteiger partial charge in [0.25, 0.3) is 5.91 Å². The van der Waals surface area contributed by atoms with Crippen molar-refractivity contribution in [3.05, 3.63) is 29.8 Å². The van der Waals surface area contributed by atoms with E-state index in [0.29, 0.717) is 5.56 Å². The molecule has 0 aromatic heterocycles. The Morgan fingerprint density at radius 2 is 1.89 bits per heavy atom. The second-order valence-electron chi connectivity index (χ2n) is 4.41. The van der Waals surface area contributed by atoms with Crippen molar-refractivity contribution in [3.8, 4) is 5.75 Å². The van der Waals surface area contributed by atoms with Gasteiger partial charge in [0.05, 0.1) is 7.11 Å². The molecule has 0 aliphatic heterocycles. The predicted molar refractivity (Wildman–Crippen MR) is 70.8 cm³/mol. The minimum atomic E-state index is -0.670. The molecule has 0 saturated carbocycles. The Morgan fingerprint density at radius 3 is 2.37 bits per heavy atom. The lowest BCUT2D eigenvalue weighted by Gasteiger charge is -2.21. The zero-order chi connectivity index (χ0) is 14.4. The molecule has 0 aliphatic rings. The summed E-state index contributed by atoms with van der Waals surface area (Å²) in [5.41, 5.74) is 0.384. The van der Waals surface area contributed by atoms with Gasteiger partial charge in [-0.3, -0.25) is 4.79 Å². The molecule has 2 atom stereocenters. The Balaban J connectivity index is 2.81. The topological polar surface area (TPSA) is 75.6 Å². The molecule has 1 aromatic carbocycles. The van der Waals surface area contributed by atoms with Crippen LogP contribution in [-0.2, 0) is 9.53 Å². The van der Waals surface area contributed by atoms with Crippen molar-refractivity contribution in [1.82, 2.24) is 5.32 Å². The molecule has 2 N–H and O–H groups in total. The van der Waals surface area contributed by atoms with E-state index >= 15 is 0 Å². The Morgan fingerprint density at radius 1 is 1.32 bits per heavy atom. The molecule has 19 heavy (non-hydrogen) atoms. The van der Waals surface area contributed by atoms with Crippen molar-refractivity contribution in [2.24, 2.45) is 5.92 Å². The largest absolute Gasteiger partial charge is 0.508 e. The van der Waals surface area contributed by atoms with Crippen LogP contribution in [0.2, 0.25) is 0 Å². The number of hydrogen-bond donors (Lipinski definition) is 2. The third-order valence-corrected chi connectivity index (χ3v) is 3.08. The minimum absolute atomic E-state index is 0.0199. The third-order valence-electron chi connectivity index (χ3n) is 3.08. The maximum absolute atomic E-state index is 12.0. The first-order valence-electron chi connectivity index (χ1n) is 6.17. The molecular weight excluding hydrogens is 246 g/mol. The summed E-state index contributed by atoms with van der Waals surface area (Å²) in [4.78, 5) is 23.7. The van der Waals surface area contributed by atoms with Gasteiger partial charge in [-0.15, -0.1) is 0 Å². The molecule has 0 fully saturated rings. The molecule has 0 bridgehead atoms. The molecule has 104 valence electrons. The molecule has 0 radical (unpaired) electrons. The van der Waals surface area contributed by atoms with E-state index in [9.17, 15) is 9.59 Å². The molecule has 0 aliphatic carbocycles. The van der Waals surface area contributed by atoms with Gasteiger partial charge in [0, 0.05) is 5.56 Å². The molecule has 0 saturated heterocycles. The van der Waals surface area contributed by atoms with Crippen LogP contribution in [0.3, 0.4) is 0 Å². The highest BCUT2D eigenvalue weighted by Gasteiger charge is 2.26. The standard InChI is InChI=1S/C14H19NO4/c1-4-9(2)12(14(18)19-3)15-13(17)10-5-7-11(16)8-6-10/h5-9,12,16H,4H2,1-3H3,(H,15,17)/t9-,12+/m1/s1. The van der Waals surface area contributed by atoms with E-state index in [4.69, 9.17) is 9.84 Å². The zero-order valence-corrected chi connectivity index (χ0v) is 11.3. The van der Waals surface area contributed by atoms with Crippen molar-refractivity contribution in [2.75, 3.05) is 7.11 Å². The lowest BCUT2D eigenvalue weighted by atomic mass is 9.99. The van der Waals surface area contributed by atoms with E-state index in [1.807, 2.05) is 13.8 Å². The third kappa shape index (κ3) is 3.98. The number of amides is 1. The fraction of sp³-hybridized carbons (Fsp3) is 0.429. The fourth-order valence-electron chi connectivity index (χ4n) is 1.63. The van der Waals surface area contributed by atoms with Gasteiger partial charge in [-0.2, -0.15) is 0 Å². The van der Waals surface area contributed by atoms with Crippen molar-refractivity contribution >= 4 is 11.9 Å². The number of esters is 1. The van der Waals surface area contributed by atoms with E-state index in [1.165, 1.54) is 31.4 Å². The van der Waals surface area contributed by atoms with Gasteiger partial charge >= 0.3 is 5.97 Å². The van der Waals surface area contributed by atoms with Gasteiger partial charge in [0.2, 0.25) is 0 Å². The van der Waals surface area contributed by atoms with Crippen LogP contribution in [0.1, 0.15) is 30.6 Å². The minimum Gasteiger partial charge on any atom is -0.508 e. The van der Waals surface area contributed by atoms with Crippen molar-refractivity contribution in [1.29, 1.82) is 0 Å². The SMILES string of the molecule is CC[C@@H](C)[C@H](NC(=O)c1ccc(O)cc1)C(=O)OC. The van der Waals surface area contributed by atoms with E-state index in [2.05, 4.69) is 5.32 Å². The van der Waals surface area contributed by atoms with Crippen LogP contribution < -0.4 is 5.32 Å². The molecule has 1 amide bonds. The van der Waals surface area contributed by atoms with Gasteiger partial charge in [-0.1, -0.05) is 20.3 Å². The van der Waals surface area contributed by atoms with Gasteiger partial charge in [0.1, 0.15) is 11.8 Å². The molecule has 5 nitrogen and oxygen atoms in total. The Labute approximate surface area is 112 Å². The van der Waals surface area contributed by atoms with Crippen LogP contribution in [0.5, 0.6) is 5.75 Å². The number of benzene rings is 1. The molecular formula is C14H19NO4. The van der Waals surface area contributed by atoms with Gasteiger partial charge in [0.15, 0.2) is 0 Å². The second-order valence-corrected chi connectivity index (χ2v) is 4.41. The first-order valence-corrected chi connectivity index (χ1v) is 6.17. The van der Waals surface area contributed by atoms with E-state index in [1.54, 1.807) is 0 Å². The number of hydrogen-bond acceptors (Lipinski definition) is 4. The Kier molecular flexibility index (Phi) is 5.36. The molecule has 1 aromatic rings. The lowest BCUT2D eigenvalue weighted by molar-refractivity contribution is -0.144. The number of nitrogens with one attached hydrogen (secondary N) is 1. The summed E-state index contributed by atoms with van der Waals surface area (Å²) >= 11 is 0. The van der Waals surface area contributed by atoms with Crippen LogP contribution in [0.25, 0.3) is 0 Å². The number of ether oxygens (including phenoxy) is 1. The molecule has 5 heteroatoms. The predicted octanol–water partition coefficient (Wildman–Crippen LogP) is 1.71. The first-order chi connectivity index (χ1) is 8.99. The summed E-state index contributed by atoms with van der Waals surface area (Å²) < 4.78 is 4.70. The number of aromatic hydroxyl groups is 1. The van der Waals surface area contributed by atoms with Crippen LogP contribution >= 0.6 is 0 Å². The van der Waals surface area contributed by atoms with E-state index in [0.717, 1.165) is 6.42 Å². The molecule has 0 unspecified atom stereocenters. The van der Waals surface area contributed by atoms with E-state index < -0.39 is 12.0 Å². The normalized spacial score (nSPS) is 13.4. The lowest BCUT2D eigenvalue weighted by Crippen LogP contribution is -2.45. The average molecular weight is 265 g/mol. The highest BCUT2D eigenvalue weighted by atomic mass is 16.5. The summed E-state index contributed by atoms with van der Waals surface area (Å²) in [5, 5.41) is 11.8. The fourth-order valence-corrected chi connectivity index (χ4v) is 1.63. The number of phenolic OH excluding ortho intramolecular Hbond substituents is 1. The summed E-state index contributed by atoms with van der Waals surface area (Å²) in [6.07, 6.45) is 0.746. The zero-order valence-electron chi connectivity index (χ0n) is 11.3. The smallest absolute Gasteiger partial charge is 0.328 e. The summed E-state index contributed by atoms with van der Waals surface area (Å²) in [5.74, 6) is -0.756. The van der Waals surface area contributed by atoms with Crippen LogP contribution in [0.15, 0.2) is 24.3 Å². The van der Waals surface area contributed by atoms with Gasteiger partial charge in [-0.05, 0) is 30.2 Å². The Hall–Kier alpha value is -2.04. The second kappa shape index (κ2) is 6.78. The van der Waals surface area contributed by atoms with Crippen LogP contribution in [-0.4, -0.2) is 30.1 Å². The molecule has 0 heterocycles. The highest BCUT2D eigenvalue weighted by molar-refractivity contribution is 5.96. The van der Waals surface area contributed by atoms with Crippen LogP contribution in [0.4, 0.5) is 0 Å². The van der Waals surface area contributed by atoms with Crippen LogP contribution in [0, 0.1) is 5.92 Å². The number of phenols is 1. The summed E-state index contributed by atoms with van der Waals surface area (Å²) in [6, 6.07) is 5.17. The first kappa shape index (κ1) is 15.0. The summed E-state index contributed by atoms with van der Waals surface area (Å²) in [7, 11) is 1.30. The quantitative estimate of drug-likeness (QED) is 0.795. The number of rotatable bonds is 5. The monoisotopic (exact) mass is 265 g/mol. The van der Waals surface area contributed by atoms with Gasteiger partial charge < -0.3 is 15.2 Å². The highest BCUT2D eigenvalue weighted by Crippen LogP contribution is 2.12. The molecule has 1 rings (SSSR count). The number of methoxy groups -OCH3 is 1.